The van der Waals surface area contributed by atoms with Crippen molar-refractivity contribution in [1.29, 1.82) is 0 Å². The Labute approximate surface area is 158 Å². The summed E-state index contributed by atoms with van der Waals surface area (Å²) in [5.74, 6) is -2.53. The first kappa shape index (κ1) is 22.5. The molecule has 1 saturated heterocycles. The number of halogens is 3. The SMILES string of the molecule is Cl.NCCCOC1CCN(C(=O)CCC(=O)c2ccc(F)c(F)c2)CC1. The summed E-state index contributed by atoms with van der Waals surface area (Å²) in [4.78, 5) is 25.9. The Morgan fingerprint density at radius 3 is 2.46 bits per heavy atom. The molecule has 0 saturated carbocycles. The van der Waals surface area contributed by atoms with Crippen LogP contribution in [-0.4, -0.2) is 48.9 Å². The Kier molecular flexibility index (Phi) is 9.69. The Hall–Kier alpha value is -1.57. The maximum absolute atomic E-state index is 13.2. The number of hydrogen-bond donors (Lipinski definition) is 1. The molecule has 146 valence electrons. The van der Waals surface area contributed by atoms with E-state index in [0.29, 0.717) is 26.2 Å². The van der Waals surface area contributed by atoms with Gasteiger partial charge < -0.3 is 15.4 Å². The van der Waals surface area contributed by atoms with Gasteiger partial charge in [0, 0.05) is 38.1 Å². The minimum absolute atomic E-state index is 0. The first-order chi connectivity index (χ1) is 12.0. The molecule has 1 aliphatic heterocycles. The van der Waals surface area contributed by atoms with Gasteiger partial charge in [-0.05, 0) is 44.0 Å². The molecule has 1 aromatic rings. The number of carbonyl (C=O) groups excluding carboxylic acids is 2. The van der Waals surface area contributed by atoms with Crippen LogP contribution in [0.5, 0.6) is 0 Å². The summed E-state index contributed by atoms with van der Waals surface area (Å²) in [7, 11) is 0. The largest absolute Gasteiger partial charge is 0.378 e. The van der Waals surface area contributed by atoms with Crippen LogP contribution in [0.1, 0.15) is 42.5 Å². The van der Waals surface area contributed by atoms with E-state index in [1.807, 2.05) is 0 Å². The van der Waals surface area contributed by atoms with E-state index in [-0.39, 0.29) is 48.6 Å². The van der Waals surface area contributed by atoms with Crippen LogP contribution in [0.4, 0.5) is 8.78 Å². The van der Waals surface area contributed by atoms with Gasteiger partial charge in [-0.1, -0.05) is 0 Å². The third kappa shape index (κ3) is 6.63. The number of amides is 1. The molecule has 0 atom stereocenters. The number of piperidine rings is 1. The van der Waals surface area contributed by atoms with E-state index >= 15 is 0 Å². The van der Waals surface area contributed by atoms with Crippen molar-refractivity contribution in [3.05, 3.63) is 35.4 Å². The quantitative estimate of drug-likeness (QED) is 0.547. The Morgan fingerprint density at radius 2 is 1.85 bits per heavy atom. The van der Waals surface area contributed by atoms with E-state index in [0.717, 1.165) is 31.4 Å². The van der Waals surface area contributed by atoms with Crippen LogP contribution in [0, 0.1) is 11.6 Å². The molecule has 0 aliphatic carbocycles. The predicted octanol–water partition coefficient (Wildman–Crippen LogP) is 2.71. The second kappa shape index (κ2) is 11.2. The minimum atomic E-state index is -1.06. The van der Waals surface area contributed by atoms with Gasteiger partial charge in [-0.3, -0.25) is 9.59 Å². The maximum atomic E-state index is 13.2. The Bertz CT molecular complexity index is 608. The fraction of sp³-hybridized carbons (Fsp3) is 0.556. The number of hydrogen-bond acceptors (Lipinski definition) is 4. The van der Waals surface area contributed by atoms with Crippen molar-refractivity contribution >= 4 is 24.1 Å². The summed E-state index contributed by atoms with van der Waals surface area (Å²) in [6, 6.07) is 3.02. The monoisotopic (exact) mass is 390 g/mol. The third-order valence-electron chi connectivity index (χ3n) is 4.30. The maximum Gasteiger partial charge on any atom is 0.223 e. The first-order valence-electron chi connectivity index (χ1n) is 8.59. The van der Waals surface area contributed by atoms with Gasteiger partial charge in [-0.2, -0.15) is 0 Å². The number of ether oxygens (including phenoxy) is 1. The molecule has 0 unspecified atom stereocenters. The zero-order valence-corrected chi connectivity index (χ0v) is 15.4. The zero-order valence-electron chi connectivity index (χ0n) is 14.6. The molecule has 0 bridgehead atoms. The lowest BCUT2D eigenvalue weighted by molar-refractivity contribution is -0.133. The first-order valence-corrected chi connectivity index (χ1v) is 8.59. The topological polar surface area (TPSA) is 72.6 Å². The average Bonchev–Trinajstić information content (AvgIpc) is 2.62. The summed E-state index contributed by atoms with van der Waals surface area (Å²) < 4.78 is 31.7. The van der Waals surface area contributed by atoms with Crippen molar-refractivity contribution < 1.29 is 23.1 Å². The van der Waals surface area contributed by atoms with Crippen LogP contribution in [0.2, 0.25) is 0 Å². The predicted molar refractivity (Wildman–Crippen MR) is 96.4 cm³/mol. The third-order valence-corrected chi connectivity index (χ3v) is 4.30. The van der Waals surface area contributed by atoms with Gasteiger partial charge in [0.05, 0.1) is 6.10 Å². The molecule has 0 spiro atoms. The molecule has 5 nitrogen and oxygen atoms in total. The van der Waals surface area contributed by atoms with Crippen LogP contribution in [0.15, 0.2) is 18.2 Å². The number of ketones is 1. The lowest BCUT2D eigenvalue weighted by atomic mass is 10.0. The average molecular weight is 391 g/mol. The van der Waals surface area contributed by atoms with Gasteiger partial charge in [-0.15, -0.1) is 12.4 Å². The molecule has 1 heterocycles. The van der Waals surface area contributed by atoms with Crippen molar-refractivity contribution in [2.24, 2.45) is 5.73 Å². The number of likely N-dealkylation sites (tertiary alicyclic amines) is 1. The van der Waals surface area contributed by atoms with E-state index < -0.39 is 11.6 Å². The highest BCUT2D eigenvalue weighted by molar-refractivity contribution is 5.97. The summed E-state index contributed by atoms with van der Waals surface area (Å²) in [6.45, 7) is 2.44. The number of nitrogens with zero attached hydrogens (tertiary/aromatic N) is 1. The van der Waals surface area contributed by atoms with Gasteiger partial charge in [0.15, 0.2) is 17.4 Å². The van der Waals surface area contributed by atoms with Crippen molar-refractivity contribution in [3.8, 4) is 0 Å². The highest BCUT2D eigenvalue weighted by Gasteiger charge is 2.23. The molecule has 1 fully saturated rings. The number of benzene rings is 1. The van der Waals surface area contributed by atoms with E-state index in [2.05, 4.69) is 0 Å². The number of rotatable bonds is 8. The summed E-state index contributed by atoms with van der Waals surface area (Å²) in [5, 5.41) is 0. The van der Waals surface area contributed by atoms with Crippen molar-refractivity contribution in [2.45, 2.75) is 38.2 Å². The van der Waals surface area contributed by atoms with Gasteiger partial charge in [-0.25, -0.2) is 8.78 Å². The zero-order chi connectivity index (χ0) is 18.2. The number of carbonyl (C=O) groups is 2. The molecule has 0 aromatic heterocycles. The molecule has 1 aliphatic rings. The minimum Gasteiger partial charge on any atom is -0.378 e. The fourth-order valence-corrected chi connectivity index (χ4v) is 2.80. The fourth-order valence-electron chi connectivity index (χ4n) is 2.80. The molecular weight excluding hydrogens is 366 g/mol. The van der Waals surface area contributed by atoms with Crippen LogP contribution in [0.25, 0.3) is 0 Å². The molecule has 1 aromatic carbocycles. The molecule has 26 heavy (non-hydrogen) atoms. The van der Waals surface area contributed by atoms with Crippen molar-refractivity contribution in [3.63, 3.8) is 0 Å². The lowest BCUT2D eigenvalue weighted by Crippen LogP contribution is -2.41. The van der Waals surface area contributed by atoms with E-state index in [1.54, 1.807) is 4.90 Å². The molecule has 8 heteroatoms. The molecule has 2 N–H and O–H groups in total. The van der Waals surface area contributed by atoms with Crippen molar-refractivity contribution in [1.82, 2.24) is 4.90 Å². The van der Waals surface area contributed by atoms with Gasteiger partial charge in [0.25, 0.3) is 0 Å². The summed E-state index contributed by atoms with van der Waals surface area (Å²) in [5.41, 5.74) is 5.50. The van der Waals surface area contributed by atoms with Crippen LogP contribution < -0.4 is 5.73 Å². The second-order valence-electron chi connectivity index (χ2n) is 6.15. The number of Topliss-reactive ketones (excluding diaryl/α,β-unsaturated/α-hetero) is 1. The Balaban J connectivity index is 0.00000338. The van der Waals surface area contributed by atoms with E-state index in [9.17, 15) is 18.4 Å². The van der Waals surface area contributed by atoms with Crippen LogP contribution in [-0.2, 0) is 9.53 Å². The standard InChI is InChI=1S/C18H24F2N2O3.ClH/c19-15-3-2-13(12-16(15)20)17(23)4-5-18(24)22-9-6-14(7-10-22)25-11-1-8-21;/h2-3,12,14H,1,4-11,21H2;1H. The lowest BCUT2D eigenvalue weighted by Gasteiger charge is -2.32. The van der Waals surface area contributed by atoms with Crippen LogP contribution >= 0.6 is 12.4 Å². The van der Waals surface area contributed by atoms with Gasteiger partial charge in [0.2, 0.25) is 5.91 Å². The highest BCUT2D eigenvalue weighted by Crippen LogP contribution is 2.16. The highest BCUT2D eigenvalue weighted by atomic mass is 35.5. The summed E-state index contributed by atoms with van der Waals surface area (Å²) >= 11 is 0. The number of nitrogens with two attached hydrogens (primary N) is 1. The summed E-state index contributed by atoms with van der Waals surface area (Å²) in [6.07, 6.45) is 2.57. The molecular formula is C18H25ClF2N2O3. The van der Waals surface area contributed by atoms with Crippen LogP contribution in [0.3, 0.4) is 0 Å². The smallest absolute Gasteiger partial charge is 0.223 e. The normalized spacial score (nSPS) is 14.8. The van der Waals surface area contributed by atoms with E-state index in [4.69, 9.17) is 10.5 Å². The van der Waals surface area contributed by atoms with Gasteiger partial charge >= 0.3 is 0 Å². The second-order valence-corrected chi connectivity index (χ2v) is 6.15. The Morgan fingerprint density at radius 1 is 1.15 bits per heavy atom. The van der Waals surface area contributed by atoms with Gasteiger partial charge in [0.1, 0.15) is 0 Å². The van der Waals surface area contributed by atoms with Crippen molar-refractivity contribution in [2.75, 3.05) is 26.2 Å². The molecule has 0 radical (unpaired) electrons. The van der Waals surface area contributed by atoms with E-state index in [1.165, 1.54) is 6.07 Å². The molecule has 2 rings (SSSR count). The molecule has 1 amide bonds.